The van der Waals surface area contributed by atoms with E-state index in [4.69, 9.17) is 23.3 Å². The SMILES string of the molecule is COC(=O)N[C@H](C(=O)OCn1c(=O)ccn([C@@H]2O[C@H](COP(=O)(N[C@@H](C)C(=O)OC(C)C)Oc3ccccc3)[C@@H](O)[C@@]2(C)F)c1=O)C(C)C. The van der Waals surface area contributed by atoms with Gasteiger partial charge in [-0.3, -0.25) is 18.7 Å². The standard InChI is InChI=1S/C30H42FN4O13P/c1-17(2)23(32-28(40)43-7)26(39)44-16-35-22(36)13-14-34(29(35)41)27-30(6,31)24(37)21(47-27)15-45-49(42,48-20-11-9-8-10-12-20)33-19(5)25(38)46-18(3)4/h8-14,17-19,21,23-24,27,37H,15-16H2,1-7H3,(H,32,40)(H,33,42)/t19-,21+,23-,24+,27+,30+,49?/m0/s1. The predicted octanol–water partition coefficient (Wildman–Crippen LogP) is 2.01. The highest BCUT2D eigenvalue weighted by Gasteiger charge is 2.56. The molecule has 49 heavy (non-hydrogen) atoms. The van der Waals surface area contributed by atoms with E-state index in [1.807, 2.05) is 0 Å². The molecule has 2 heterocycles. The summed E-state index contributed by atoms with van der Waals surface area (Å²) in [5.41, 5.74) is -4.76. The smallest absolute Gasteiger partial charge is 0.459 e. The van der Waals surface area contributed by atoms with Gasteiger partial charge >= 0.3 is 31.5 Å². The third-order valence-electron chi connectivity index (χ3n) is 7.22. The van der Waals surface area contributed by atoms with Crippen molar-refractivity contribution in [3.05, 3.63) is 63.4 Å². The summed E-state index contributed by atoms with van der Waals surface area (Å²) >= 11 is 0. The lowest BCUT2D eigenvalue weighted by Gasteiger charge is -2.26. The summed E-state index contributed by atoms with van der Waals surface area (Å²) in [7, 11) is -3.34. The molecule has 1 amide bonds. The molecule has 272 valence electrons. The van der Waals surface area contributed by atoms with Gasteiger partial charge in [-0.15, -0.1) is 0 Å². The average molecular weight is 717 g/mol. The van der Waals surface area contributed by atoms with Crippen LogP contribution in [-0.4, -0.2) is 82.1 Å². The van der Waals surface area contributed by atoms with Crippen LogP contribution >= 0.6 is 7.75 Å². The second kappa shape index (κ2) is 16.5. The fourth-order valence-corrected chi connectivity index (χ4v) is 6.09. The second-order valence-electron chi connectivity index (χ2n) is 11.9. The van der Waals surface area contributed by atoms with Gasteiger partial charge in [0, 0.05) is 12.3 Å². The molecule has 17 nitrogen and oxygen atoms in total. The molecule has 0 bridgehead atoms. The summed E-state index contributed by atoms with van der Waals surface area (Å²) < 4.78 is 62.6. The minimum Gasteiger partial charge on any atom is -0.462 e. The number of methoxy groups -OCH3 is 1. The molecule has 1 aromatic heterocycles. The van der Waals surface area contributed by atoms with Crippen molar-refractivity contribution in [3.63, 3.8) is 0 Å². The van der Waals surface area contributed by atoms with Crippen LogP contribution in [-0.2, 0) is 44.4 Å². The van der Waals surface area contributed by atoms with Crippen molar-refractivity contribution in [2.45, 2.75) is 90.6 Å². The van der Waals surface area contributed by atoms with Crippen molar-refractivity contribution in [1.82, 2.24) is 19.5 Å². The molecule has 19 heteroatoms. The Bertz CT molecular complexity index is 1630. The molecule has 0 aliphatic carbocycles. The van der Waals surface area contributed by atoms with Gasteiger partial charge in [0.15, 0.2) is 18.6 Å². The fraction of sp³-hybridized carbons (Fsp3) is 0.567. The largest absolute Gasteiger partial charge is 0.462 e. The van der Waals surface area contributed by atoms with E-state index in [0.29, 0.717) is 9.13 Å². The van der Waals surface area contributed by atoms with E-state index in [-0.39, 0.29) is 5.75 Å². The van der Waals surface area contributed by atoms with E-state index in [9.17, 15) is 33.6 Å². The van der Waals surface area contributed by atoms with E-state index < -0.39 is 98.6 Å². The molecular formula is C30H42FN4O13P. The second-order valence-corrected chi connectivity index (χ2v) is 13.6. The number of nitrogens with zero attached hydrogens (tertiary/aromatic N) is 2. The highest BCUT2D eigenvalue weighted by molar-refractivity contribution is 7.52. The van der Waals surface area contributed by atoms with Crippen molar-refractivity contribution >= 4 is 25.8 Å². The van der Waals surface area contributed by atoms with Gasteiger partial charge in [0.25, 0.3) is 5.56 Å². The topological polar surface area (TPSA) is 212 Å². The van der Waals surface area contributed by atoms with Gasteiger partial charge in [-0.1, -0.05) is 32.0 Å². The summed E-state index contributed by atoms with van der Waals surface area (Å²) in [6, 6.07) is 6.34. The van der Waals surface area contributed by atoms with E-state index in [1.54, 1.807) is 45.9 Å². The van der Waals surface area contributed by atoms with Crippen LogP contribution in [0.2, 0.25) is 0 Å². The number of benzene rings is 1. The van der Waals surface area contributed by atoms with Gasteiger partial charge in [0.1, 0.15) is 30.0 Å². The van der Waals surface area contributed by atoms with Crippen molar-refractivity contribution in [3.8, 4) is 5.75 Å². The monoisotopic (exact) mass is 716 g/mol. The van der Waals surface area contributed by atoms with E-state index in [2.05, 4.69) is 15.1 Å². The van der Waals surface area contributed by atoms with Gasteiger partial charge in [0.05, 0.1) is 19.8 Å². The number of carbonyl (C=O) groups excluding carboxylic acids is 3. The molecule has 7 atom stereocenters. The Morgan fingerprint density at radius 1 is 1.08 bits per heavy atom. The van der Waals surface area contributed by atoms with Crippen molar-refractivity contribution in [2.24, 2.45) is 5.92 Å². The number of alkyl carbamates (subject to hydrolysis) is 1. The maximum Gasteiger partial charge on any atom is 0.459 e. The zero-order valence-electron chi connectivity index (χ0n) is 28.1. The molecule has 1 aliphatic heterocycles. The number of hydrogen-bond acceptors (Lipinski definition) is 13. The van der Waals surface area contributed by atoms with Gasteiger partial charge in [-0.05, 0) is 45.7 Å². The van der Waals surface area contributed by atoms with Crippen molar-refractivity contribution < 1.29 is 56.4 Å². The first kappa shape index (κ1) is 39.3. The summed E-state index contributed by atoms with van der Waals surface area (Å²) in [4.78, 5) is 62.7. The molecular weight excluding hydrogens is 674 g/mol. The Morgan fingerprint density at radius 2 is 1.73 bits per heavy atom. The zero-order valence-corrected chi connectivity index (χ0v) is 29.0. The van der Waals surface area contributed by atoms with Gasteiger partial charge in [-0.2, -0.15) is 5.09 Å². The predicted molar refractivity (Wildman–Crippen MR) is 169 cm³/mol. The number of rotatable bonds is 15. The Hall–Kier alpha value is -4.09. The molecule has 0 spiro atoms. The Labute approximate surface area is 281 Å². The number of ether oxygens (including phenoxy) is 4. The molecule has 1 aliphatic rings. The van der Waals surface area contributed by atoms with Crippen LogP contribution in [0.25, 0.3) is 0 Å². The average Bonchev–Trinajstić information content (AvgIpc) is 3.25. The highest BCUT2D eigenvalue weighted by Crippen LogP contribution is 2.47. The molecule has 2 aromatic rings. The first-order chi connectivity index (χ1) is 22.9. The lowest BCUT2D eigenvalue weighted by atomic mass is 9.98. The Kier molecular flexibility index (Phi) is 13.3. The number of aliphatic hydroxyl groups is 1. The summed E-state index contributed by atoms with van der Waals surface area (Å²) in [5, 5.41) is 15.7. The maximum atomic E-state index is 16.1. The van der Waals surface area contributed by atoms with Gasteiger partial charge in [0.2, 0.25) is 0 Å². The fourth-order valence-electron chi connectivity index (χ4n) is 4.59. The van der Waals surface area contributed by atoms with Crippen LogP contribution < -0.4 is 26.2 Å². The number of para-hydroxylation sites is 1. The number of amides is 1. The molecule has 0 radical (unpaired) electrons. The van der Waals surface area contributed by atoms with Gasteiger partial charge in [-0.25, -0.2) is 27.9 Å². The number of hydrogen-bond donors (Lipinski definition) is 3. The van der Waals surface area contributed by atoms with Gasteiger partial charge < -0.3 is 33.9 Å². The number of nitrogens with one attached hydrogen (secondary N) is 2. The number of aliphatic hydroxyl groups excluding tert-OH is 1. The first-order valence-corrected chi connectivity index (χ1v) is 16.8. The van der Waals surface area contributed by atoms with E-state index in [1.165, 1.54) is 19.1 Å². The molecule has 3 rings (SSSR count). The zero-order chi connectivity index (χ0) is 36.7. The highest BCUT2D eigenvalue weighted by atomic mass is 31.2. The first-order valence-electron chi connectivity index (χ1n) is 15.2. The summed E-state index contributed by atoms with van der Waals surface area (Å²) in [6.45, 7) is 7.12. The normalized spacial score (nSPS) is 23.0. The summed E-state index contributed by atoms with van der Waals surface area (Å²) in [5.74, 6) is -2.11. The minimum atomic E-state index is -4.44. The third-order valence-corrected chi connectivity index (χ3v) is 8.86. The van der Waals surface area contributed by atoms with Crippen molar-refractivity contribution in [1.29, 1.82) is 0 Å². The number of esters is 2. The minimum absolute atomic E-state index is 0.0964. The molecule has 1 unspecified atom stereocenters. The van der Waals surface area contributed by atoms with Crippen LogP contribution in [0.1, 0.15) is 47.8 Å². The third kappa shape index (κ3) is 9.98. The van der Waals surface area contributed by atoms with Crippen LogP contribution in [0.5, 0.6) is 5.75 Å². The molecule has 1 aromatic carbocycles. The van der Waals surface area contributed by atoms with Crippen molar-refractivity contribution in [2.75, 3.05) is 13.7 Å². The molecule has 1 saturated heterocycles. The lowest BCUT2D eigenvalue weighted by molar-refractivity contribution is -0.151. The van der Waals surface area contributed by atoms with E-state index in [0.717, 1.165) is 26.3 Å². The van der Waals surface area contributed by atoms with Crippen LogP contribution in [0, 0.1) is 5.92 Å². The molecule has 3 N–H and O–H groups in total. The quantitative estimate of drug-likeness (QED) is 0.137. The van der Waals surface area contributed by atoms with E-state index >= 15 is 4.39 Å². The summed E-state index contributed by atoms with van der Waals surface area (Å²) in [6.07, 6.45) is -5.81. The molecule has 1 fully saturated rings. The number of aromatic nitrogens is 2. The number of alkyl halides is 1. The van der Waals surface area contributed by atoms with Crippen LogP contribution in [0.3, 0.4) is 0 Å². The van der Waals surface area contributed by atoms with Crippen LogP contribution in [0.4, 0.5) is 9.18 Å². The number of halogens is 1. The maximum absolute atomic E-state index is 16.1. The lowest BCUT2D eigenvalue weighted by Crippen LogP contribution is -2.48. The number of carbonyl (C=O) groups is 3. The Balaban J connectivity index is 1.82. The molecule has 0 saturated carbocycles. The van der Waals surface area contributed by atoms with Crippen LogP contribution in [0.15, 0.2) is 52.2 Å². The Morgan fingerprint density at radius 3 is 2.33 bits per heavy atom.